The number of benzene rings is 1. The Hall–Kier alpha value is -1.88. The van der Waals surface area contributed by atoms with Gasteiger partial charge in [-0.3, -0.25) is 9.59 Å². The van der Waals surface area contributed by atoms with Crippen LogP contribution in [0.3, 0.4) is 0 Å². The van der Waals surface area contributed by atoms with Crippen LogP contribution in [-0.2, 0) is 20.7 Å². The number of amides is 1. The molecule has 5 heteroatoms. The van der Waals surface area contributed by atoms with Gasteiger partial charge in [0.1, 0.15) is 0 Å². The largest absolute Gasteiger partial charge is 0.469 e. The zero-order valence-electron chi connectivity index (χ0n) is 13.7. The summed E-state index contributed by atoms with van der Waals surface area (Å²) >= 11 is 0. The van der Waals surface area contributed by atoms with E-state index in [0.29, 0.717) is 13.0 Å². The number of rotatable bonds is 8. The van der Waals surface area contributed by atoms with Crippen LogP contribution in [-0.4, -0.2) is 43.0 Å². The van der Waals surface area contributed by atoms with Crippen molar-refractivity contribution in [2.75, 3.05) is 20.2 Å². The van der Waals surface area contributed by atoms with Crippen molar-refractivity contribution >= 4 is 11.9 Å². The van der Waals surface area contributed by atoms with Gasteiger partial charge in [-0.1, -0.05) is 30.3 Å². The molecule has 0 saturated carbocycles. The minimum absolute atomic E-state index is 0.0712. The number of likely N-dealkylation sites (tertiary alicyclic amines) is 1. The normalized spacial score (nSPS) is 20.8. The molecule has 0 unspecified atom stereocenters. The molecule has 1 heterocycles. The monoisotopic (exact) mass is 318 g/mol. The molecule has 2 N–H and O–H groups in total. The minimum atomic E-state index is -0.319. The van der Waals surface area contributed by atoms with E-state index in [1.165, 1.54) is 12.7 Å². The maximum Gasteiger partial charge on any atom is 0.306 e. The first-order valence-electron chi connectivity index (χ1n) is 8.27. The molecular weight excluding hydrogens is 292 g/mol. The van der Waals surface area contributed by atoms with Gasteiger partial charge in [0.05, 0.1) is 19.4 Å². The number of carbonyl (C=O) groups is 2. The second kappa shape index (κ2) is 8.67. The molecule has 1 aliphatic heterocycles. The van der Waals surface area contributed by atoms with Gasteiger partial charge in [-0.05, 0) is 37.8 Å². The average Bonchev–Trinajstić information content (AvgIpc) is 2.85. The lowest BCUT2D eigenvalue weighted by Crippen LogP contribution is -2.36. The molecule has 1 aliphatic rings. The van der Waals surface area contributed by atoms with Crippen molar-refractivity contribution in [3.8, 4) is 0 Å². The van der Waals surface area contributed by atoms with Crippen LogP contribution in [0.4, 0.5) is 0 Å². The number of nitrogens with zero attached hydrogens (tertiary/aromatic N) is 1. The van der Waals surface area contributed by atoms with Crippen LogP contribution in [0.5, 0.6) is 0 Å². The van der Waals surface area contributed by atoms with E-state index in [1.807, 2.05) is 23.1 Å². The number of ether oxygens (including phenoxy) is 1. The van der Waals surface area contributed by atoms with E-state index in [-0.39, 0.29) is 30.3 Å². The van der Waals surface area contributed by atoms with Gasteiger partial charge in [0, 0.05) is 12.6 Å². The van der Waals surface area contributed by atoms with Gasteiger partial charge in [0.25, 0.3) is 0 Å². The van der Waals surface area contributed by atoms with E-state index < -0.39 is 0 Å². The maximum atomic E-state index is 12.6. The first-order chi connectivity index (χ1) is 11.2. The summed E-state index contributed by atoms with van der Waals surface area (Å²) in [4.78, 5) is 25.9. The molecule has 0 radical (unpaired) electrons. The first-order valence-corrected chi connectivity index (χ1v) is 8.27. The summed E-state index contributed by atoms with van der Waals surface area (Å²) in [6, 6.07) is 10.4. The number of aryl methyl sites for hydroxylation is 1. The summed E-state index contributed by atoms with van der Waals surface area (Å²) in [5.74, 6) is -0.501. The topological polar surface area (TPSA) is 72.6 Å². The molecule has 0 aromatic heterocycles. The predicted molar refractivity (Wildman–Crippen MR) is 88.7 cm³/mol. The number of hydrogen-bond donors (Lipinski definition) is 1. The minimum Gasteiger partial charge on any atom is -0.469 e. The van der Waals surface area contributed by atoms with Crippen LogP contribution in [0, 0.1) is 5.92 Å². The van der Waals surface area contributed by atoms with Crippen molar-refractivity contribution in [1.29, 1.82) is 0 Å². The molecule has 1 aromatic carbocycles. The van der Waals surface area contributed by atoms with Gasteiger partial charge in [0.15, 0.2) is 0 Å². The lowest BCUT2D eigenvalue weighted by Gasteiger charge is -2.24. The summed E-state index contributed by atoms with van der Waals surface area (Å²) in [7, 11) is 1.36. The summed E-state index contributed by atoms with van der Waals surface area (Å²) in [6.45, 7) is 1.27. The second-order valence-corrected chi connectivity index (χ2v) is 6.06. The number of nitrogens with two attached hydrogens (primary N) is 1. The highest BCUT2D eigenvalue weighted by Gasteiger charge is 2.39. The summed E-state index contributed by atoms with van der Waals surface area (Å²) in [5, 5.41) is 0. The SMILES string of the molecule is COC(=O)C[C@@H]1C[C@@H](CCN)N(CCCc2ccccc2)C1=O. The van der Waals surface area contributed by atoms with Crippen molar-refractivity contribution < 1.29 is 14.3 Å². The van der Waals surface area contributed by atoms with Crippen molar-refractivity contribution in [2.24, 2.45) is 11.7 Å². The zero-order valence-corrected chi connectivity index (χ0v) is 13.7. The van der Waals surface area contributed by atoms with Crippen LogP contribution in [0.25, 0.3) is 0 Å². The van der Waals surface area contributed by atoms with Crippen molar-refractivity contribution in [2.45, 2.75) is 38.1 Å². The summed E-state index contributed by atoms with van der Waals surface area (Å²) in [6.07, 6.45) is 3.53. The molecule has 126 valence electrons. The highest BCUT2D eigenvalue weighted by Crippen LogP contribution is 2.29. The van der Waals surface area contributed by atoms with E-state index in [1.54, 1.807) is 0 Å². The van der Waals surface area contributed by atoms with Gasteiger partial charge >= 0.3 is 5.97 Å². The third-order valence-corrected chi connectivity index (χ3v) is 4.48. The van der Waals surface area contributed by atoms with Crippen LogP contribution < -0.4 is 5.73 Å². The Morgan fingerprint density at radius 1 is 1.35 bits per heavy atom. The van der Waals surface area contributed by atoms with Crippen molar-refractivity contribution in [3.05, 3.63) is 35.9 Å². The Morgan fingerprint density at radius 2 is 2.09 bits per heavy atom. The fraction of sp³-hybridized carbons (Fsp3) is 0.556. The van der Waals surface area contributed by atoms with Gasteiger partial charge in [-0.15, -0.1) is 0 Å². The highest BCUT2D eigenvalue weighted by molar-refractivity contribution is 5.85. The molecule has 2 atom stereocenters. The Bertz CT molecular complexity index is 518. The number of carbonyl (C=O) groups excluding carboxylic acids is 2. The Balaban J connectivity index is 1.91. The van der Waals surface area contributed by atoms with E-state index in [0.717, 1.165) is 25.8 Å². The predicted octanol–water partition coefficient (Wildman–Crippen LogP) is 1.75. The molecule has 5 nitrogen and oxygen atoms in total. The zero-order chi connectivity index (χ0) is 16.7. The maximum absolute atomic E-state index is 12.6. The van der Waals surface area contributed by atoms with Crippen LogP contribution in [0.2, 0.25) is 0 Å². The third-order valence-electron chi connectivity index (χ3n) is 4.48. The van der Waals surface area contributed by atoms with Crippen LogP contribution in [0.1, 0.15) is 31.2 Å². The van der Waals surface area contributed by atoms with E-state index in [9.17, 15) is 9.59 Å². The Labute approximate surface area is 137 Å². The number of hydrogen-bond acceptors (Lipinski definition) is 4. The molecule has 0 spiro atoms. The van der Waals surface area contributed by atoms with Crippen molar-refractivity contribution in [3.63, 3.8) is 0 Å². The molecule has 1 aromatic rings. The lowest BCUT2D eigenvalue weighted by atomic mass is 10.00. The lowest BCUT2D eigenvalue weighted by molar-refractivity contribution is -0.144. The molecule has 0 bridgehead atoms. The second-order valence-electron chi connectivity index (χ2n) is 6.06. The molecule has 1 saturated heterocycles. The summed E-state index contributed by atoms with van der Waals surface area (Å²) < 4.78 is 4.70. The molecular formula is C18H26N2O3. The number of methoxy groups -OCH3 is 1. The quantitative estimate of drug-likeness (QED) is 0.741. The highest BCUT2D eigenvalue weighted by atomic mass is 16.5. The first kappa shape index (κ1) is 17.5. The van der Waals surface area contributed by atoms with Gasteiger partial charge in [-0.2, -0.15) is 0 Å². The van der Waals surface area contributed by atoms with Crippen LogP contribution in [0.15, 0.2) is 30.3 Å². The average molecular weight is 318 g/mol. The smallest absolute Gasteiger partial charge is 0.306 e. The summed E-state index contributed by atoms with van der Waals surface area (Å²) in [5.41, 5.74) is 6.96. The Morgan fingerprint density at radius 3 is 2.74 bits per heavy atom. The van der Waals surface area contributed by atoms with E-state index >= 15 is 0 Å². The standard InChI is InChI=1S/C18H26N2O3/c1-23-17(21)13-15-12-16(9-10-19)20(18(15)22)11-5-8-14-6-3-2-4-7-14/h2-4,6-7,15-16H,5,8-13,19H2,1H3/t15-,16+/m0/s1. The molecule has 2 rings (SSSR count). The number of esters is 1. The molecule has 0 aliphatic carbocycles. The third kappa shape index (κ3) is 4.79. The Kier molecular flexibility index (Phi) is 6.59. The van der Waals surface area contributed by atoms with Crippen LogP contribution >= 0.6 is 0 Å². The fourth-order valence-electron chi connectivity index (χ4n) is 3.28. The van der Waals surface area contributed by atoms with Crippen molar-refractivity contribution in [1.82, 2.24) is 4.90 Å². The van der Waals surface area contributed by atoms with Gasteiger partial charge in [-0.25, -0.2) is 0 Å². The van der Waals surface area contributed by atoms with Gasteiger partial charge in [0.2, 0.25) is 5.91 Å². The van der Waals surface area contributed by atoms with Gasteiger partial charge < -0.3 is 15.4 Å². The molecule has 1 amide bonds. The van der Waals surface area contributed by atoms with E-state index in [4.69, 9.17) is 10.5 Å². The molecule has 1 fully saturated rings. The molecule has 23 heavy (non-hydrogen) atoms. The fourth-order valence-corrected chi connectivity index (χ4v) is 3.28. The van der Waals surface area contributed by atoms with E-state index in [2.05, 4.69) is 12.1 Å².